The molecular formula is C15H17F4N. The number of likely N-dealkylation sites (N-methyl/N-ethyl adjacent to an activating group) is 1. The van der Waals surface area contributed by atoms with Gasteiger partial charge in [-0.3, -0.25) is 0 Å². The molecule has 1 unspecified atom stereocenters. The summed E-state index contributed by atoms with van der Waals surface area (Å²) in [4.78, 5) is 0. The van der Waals surface area contributed by atoms with Gasteiger partial charge in [0.1, 0.15) is 5.82 Å². The molecule has 1 aromatic rings. The molecule has 0 saturated carbocycles. The fourth-order valence-electron chi connectivity index (χ4n) is 2.54. The van der Waals surface area contributed by atoms with E-state index in [1.807, 2.05) is 13.0 Å². The minimum absolute atomic E-state index is 0.0785. The molecule has 1 aromatic carbocycles. The first-order valence-electron chi connectivity index (χ1n) is 6.72. The molecule has 5 heteroatoms. The minimum Gasteiger partial charge on any atom is -0.307 e. The van der Waals surface area contributed by atoms with E-state index in [1.165, 1.54) is 0 Å². The average molecular weight is 287 g/mol. The number of hydrogen-bond acceptors (Lipinski definition) is 1. The standard InChI is InChI=1S/C15H17F4N/c1-2-20-14(10-5-3-4-6-10)12-9-11(15(17,18)19)7-8-13(12)16/h5,7-9,14,20H,2-4,6H2,1H3. The van der Waals surface area contributed by atoms with E-state index in [1.54, 1.807) is 0 Å². The van der Waals surface area contributed by atoms with E-state index in [2.05, 4.69) is 5.32 Å². The smallest absolute Gasteiger partial charge is 0.307 e. The molecule has 1 atom stereocenters. The van der Waals surface area contributed by atoms with E-state index in [4.69, 9.17) is 0 Å². The normalized spacial score (nSPS) is 17.1. The van der Waals surface area contributed by atoms with Crippen LogP contribution < -0.4 is 5.32 Å². The predicted octanol–water partition coefficient (Wildman–Crippen LogP) is 4.61. The van der Waals surface area contributed by atoms with Gasteiger partial charge in [-0.2, -0.15) is 13.2 Å². The molecule has 0 radical (unpaired) electrons. The van der Waals surface area contributed by atoms with E-state index in [0.717, 1.165) is 43.0 Å². The second-order valence-electron chi connectivity index (χ2n) is 4.90. The summed E-state index contributed by atoms with van der Waals surface area (Å²) in [5.41, 5.74) is 0.246. The summed E-state index contributed by atoms with van der Waals surface area (Å²) in [6.45, 7) is 2.42. The molecule has 0 aromatic heterocycles. The topological polar surface area (TPSA) is 12.0 Å². The summed E-state index contributed by atoms with van der Waals surface area (Å²) in [5, 5.41) is 3.08. The Bertz CT molecular complexity index is 505. The first kappa shape index (κ1) is 15.0. The van der Waals surface area contributed by atoms with E-state index in [0.29, 0.717) is 6.54 Å². The Balaban J connectivity index is 2.41. The fraction of sp³-hybridized carbons (Fsp3) is 0.467. The fourth-order valence-corrected chi connectivity index (χ4v) is 2.54. The van der Waals surface area contributed by atoms with Gasteiger partial charge < -0.3 is 5.32 Å². The van der Waals surface area contributed by atoms with Crippen LogP contribution in [0.5, 0.6) is 0 Å². The van der Waals surface area contributed by atoms with Crippen molar-refractivity contribution in [2.24, 2.45) is 0 Å². The lowest BCUT2D eigenvalue weighted by Gasteiger charge is -2.22. The maximum Gasteiger partial charge on any atom is 0.416 e. The van der Waals surface area contributed by atoms with Gasteiger partial charge in [0, 0.05) is 5.56 Å². The zero-order valence-corrected chi connectivity index (χ0v) is 11.2. The Kier molecular flexibility index (Phi) is 4.48. The Morgan fingerprint density at radius 2 is 2.05 bits per heavy atom. The van der Waals surface area contributed by atoms with Crippen LogP contribution in [0.3, 0.4) is 0 Å². The predicted molar refractivity (Wildman–Crippen MR) is 69.8 cm³/mol. The number of benzene rings is 1. The Hall–Kier alpha value is -1.36. The Morgan fingerprint density at radius 3 is 2.60 bits per heavy atom. The van der Waals surface area contributed by atoms with E-state index in [9.17, 15) is 17.6 Å². The van der Waals surface area contributed by atoms with Crippen molar-refractivity contribution in [3.63, 3.8) is 0 Å². The van der Waals surface area contributed by atoms with Crippen molar-refractivity contribution in [3.8, 4) is 0 Å². The van der Waals surface area contributed by atoms with Crippen LogP contribution in [-0.4, -0.2) is 6.54 Å². The van der Waals surface area contributed by atoms with Gasteiger partial charge in [0.15, 0.2) is 0 Å². The number of halogens is 4. The Morgan fingerprint density at radius 1 is 1.30 bits per heavy atom. The monoisotopic (exact) mass is 287 g/mol. The van der Waals surface area contributed by atoms with Gasteiger partial charge in [0.05, 0.1) is 11.6 Å². The summed E-state index contributed by atoms with van der Waals surface area (Å²) < 4.78 is 52.3. The molecule has 20 heavy (non-hydrogen) atoms. The molecule has 0 heterocycles. The molecule has 0 spiro atoms. The van der Waals surface area contributed by atoms with Gasteiger partial charge in [0.2, 0.25) is 0 Å². The van der Waals surface area contributed by atoms with Gasteiger partial charge in [-0.05, 0) is 44.0 Å². The minimum atomic E-state index is -4.46. The highest BCUT2D eigenvalue weighted by molar-refractivity contribution is 5.35. The maximum absolute atomic E-state index is 14.0. The lowest BCUT2D eigenvalue weighted by molar-refractivity contribution is -0.137. The summed E-state index contributed by atoms with van der Waals surface area (Å²) in [5.74, 6) is -0.600. The number of hydrogen-bond donors (Lipinski definition) is 1. The van der Waals surface area contributed by atoms with Gasteiger partial charge in [-0.15, -0.1) is 0 Å². The summed E-state index contributed by atoms with van der Waals surface area (Å²) >= 11 is 0. The highest BCUT2D eigenvalue weighted by atomic mass is 19.4. The van der Waals surface area contributed by atoms with Crippen LogP contribution in [0, 0.1) is 5.82 Å². The molecule has 0 bridgehead atoms. The second-order valence-corrected chi connectivity index (χ2v) is 4.90. The lowest BCUT2D eigenvalue weighted by atomic mass is 9.95. The van der Waals surface area contributed by atoms with Crippen molar-refractivity contribution in [1.29, 1.82) is 0 Å². The molecule has 0 fully saturated rings. The van der Waals surface area contributed by atoms with Crippen LogP contribution >= 0.6 is 0 Å². The maximum atomic E-state index is 14.0. The summed E-state index contributed by atoms with van der Waals surface area (Å²) in [6, 6.07) is 2.13. The number of allylic oxidation sites excluding steroid dienone is 1. The highest BCUT2D eigenvalue weighted by Gasteiger charge is 2.32. The Labute approximate surface area is 115 Å². The number of rotatable bonds is 4. The average Bonchev–Trinajstić information content (AvgIpc) is 2.89. The first-order chi connectivity index (χ1) is 9.43. The van der Waals surface area contributed by atoms with Crippen LogP contribution in [0.1, 0.15) is 43.4 Å². The van der Waals surface area contributed by atoms with E-state index >= 15 is 0 Å². The van der Waals surface area contributed by atoms with Gasteiger partial charge in [0.25, 0.3) is 0 Å². The van der Waals surface area contributed by atoms with Crippen LogP contribution in [0.2, 0.25) is 0 Å². The van der Waals surface area contributed by atoms with Crippen LogP contribution in [0.25, 0.3) is 0 Å². The molecule has 1 nitrogen and oxygen atoms in total. The molecule has 0 saturated heterocycles. The van der Waals surface area contributed by atoms with Crippen LogP contribution in [0.15, 0.2) is 29.8 Å². The van der Waals surface area contributed by atoms with Crippen molar-refractivity contribution in [2.45, 2.75) is 38.4 Å². The summed E-state index contributed by atoms with van der Waals surface area (Å²) in [6.07, 6.45) is 0.208. The van der Waals surface area contributed by atoms with Crippen molar-refractivity contribution < 1.29 is 17.6 Å². The SMILES string of the molecule is CCNC(C1=CCCC1)c1cc(C(F)(F)F)ccc1F. The molecule has 2 rings (SSSR count). The van der Waals surface area contributed by atoms with Crippen molar-refractivity contribution in [2.75, 3.05) is 6.54 Å². The third-order valence-corrected chi connectivity index (χ3v) is 3.49. The molecule has 0 amide bonds. The van der Waals surface area contributed by atoms with E-state index < -0.39 is 23.6 Å². The number of alkyl halides is 3. The third-order valence-electron chi connectivity index (χ3n) is 3.49. The molecule has 110 valence electrons. The van der Waals surface area contributed by atoms with Crippen molar-refractivity contribution >= 4 is 0 Å². The largest absolute Gasteiger partial charge is 0.416 e. The van der Waals surface area contributed by atoms with Crippen molar-refractivity contribution in [1.82, 2.24) is 5.32 Å². The quantitative estimate of drug-likeness (QED) is 0.630. The highest BCUT2D eigenvalue weighted by Crippen LogP contribution is 2.36. The van der Waals surface area contributed by atoms with Gasteiger partial charge in [-0.1, -0.05) is 18.6 Å². The summed E-state index contributed by atoms with van der Waals surface area (Å²) in [7, 11) is 0. The zero-order chi connectivity index (χ0) is 14.8. The second kappa shape index (κ2) is 5.95. The third kappa shape index (κ3) is 3.20. The molecule has 1 aliphatic carbocycles. The molecule has 1 N–H and O–H groups in total. The van der Waals surface area contributed by atoms with Crippen LogP contribution in [-0.2, 0) is 6.18 Å². The molecular weight excluding hydrogens is 270 g/mol. The molecule has 0 aliphatic heterocycles. The lowest BCUT2D eigenvalue weighted by Crippen LogP contribution is -2.24. The van der Waals surface area contributed by atoms with Gasteiger partial charge >= 0.3 is 6.18 Å². The van der Waals surface area contributed by atoms with E-state index in [-0.39, 0.29) is 5.56 Å². The number of nitrogens with one attached hydrogen (secondary N) is 1. The zero-order valence-electron chi connectivity index (χ0n) is 11.2. The van der Waals surface area contributed by atoms with Gasteiger partial charge in [-0.25, -0.2) is 4.39 Å². The first-order valence-corrected chi connectivity index (χ1v) is 6.72. The van der Waals surface area contributed by atoms with Crippen molar-refractivity contribution in [3.05, 3.63) is 46.8 Å². The van der Waals surface area contributed by atoms with Crippen LogP contribution in [0.4, 0.5) is 17.6 Å². The molecule has 1 aliphatic rings.